The van der Waals surface area contributed by atoms with Crippen molar-refractivity contribution in [1.29, 1.82) is 0 Å². The van der Waals surface area contributed by atoms with E-state index >= 15 is 0 Å². The molecule has 0 aromatic heterocycles. The summed E-state index contributed by atoms with van der Waals surface area (Å²) in [6, 6.07) is 4.99. The summed E-state index contributed by atoms with van der Waals surface area (Å²) in [5.41, 5.74) is 0.525. The van der Waals surface area contributed by atoms with Gasteiger partial charge in [0.1, 0.15) is 24.5 Å². The van der Waals surface area contributed by atoms with Gasteiger partial charge in [0, 0.05) is 33.8 Å². The number of nitrogens with zero attached hydrogens (tertiary/aromatic N) is 1. The molecule has 1 amide bonds. The van der Waals surface area contributed by atoms with E-state index in [1.165, 1.54) is 32.1 Å². The summed E-state index contributed by atoms with van der Waals surface area (Å²) in [6.45, 7) is 4.32. The van der Waals surface area contributed by atoms with Crippen molar-refractivity contribution in [2.45, 2.75) is 58.3 Å². The van der Waals surface area contributed by atoms with E-state index < -0.39 is 59.4 Å². The lowest BCUT2D eigenvalue weighted by Gasteiger charge is -2.44. The van der Waals surface area contributed by atoms with E-state index in [-0.39, 0.29) is 12.4 Å². The van der Waals surface area contributed by atoms with Crippen LogP contribution in [0.15, 0.2) is 30.5 Å². The number of nitrogens with one attached hydrogen (secondary N) is 1. The fourth-order valence-corrected chi connectivity index (χ4v) is 3.33. The summed E-state index contributed by atoms with van der Waals surface area (Å²) in [5.74, 6) is -2.33. The third kappa shape index (κ3) is 8.70. The van der Waals surface area contributed by atoms with Gasteiger partial charge in [-0.2, -0.15) is 0 Å². The Bertz CT molecular complexity index is 976. The first-order chi connectivity index (χ1) is 16.5. The predicted molar refractivity (Wildman–Crippen MR) is 117 cm³/mol. The van der Waals surface area contributed by atoms with Crippen LogP contribution in [0.5, 0.6) is 5.75 Å². The number of esters is 3. The van der Waals surface area contributed by atoms with Crippen molar-refractivity contribution in [1.82, 2.24) is 5.32 Å². The Hall–Kier alpha value is -4.00. The third-order valence-electron chi connectivity index (χ3n) is 4.59. The number of hydrogen-bond acceptors (Lipinski definition) is 11. The molecule has 1 heterocycles. The molecule has 1 aromatic carbocycles. The van der Waals surface area contributed by atoms with Gasteiger partial charge in [-0.25, -0.2) is 0 Å². The average Bonchev–Trinajstić information content (AvgIpc) is 2.75. The first-order valence-corrected chi connectivity index (χ1v) is 10.4. The van der Waals surface area contributed by atoms with Gasteiger partial charge in [-0.1, -0.05) is 12.1 Å². The second-order valence-corrected chi connectivity index (χ2v) is 7.51. The van der Waals surface area contributed by atoms with Crippen LogP contribution in [0.4, 0.5) is 0 Å². The van der Waals surface area contributed by atoms with Crippen molar-refractivity contribution < 1.29 is 47.8 Å². The van der Waals surface area contributed by atoms with Gasteiger partial charge in [-0.3, -0.25) is 29.3 Å². The van der Waals surface area contributed by atoms with Crippen molar-refractivity contribution in [2.75, 3.05) is 6.61 Å². The minimum atomic E-state index is -1.27. The summed E-state index contributed by atoms with van der Waals surface area (Å²) in [6.07, 6.45) is -2.79. The minimum Gasteiger partial charge on any atom is -0.463 e. The van der Waals surface area contributed by atoms with Gasteiger partial charge in [-0.05, 0) is 17.7 Å². The summed E-state index contributed by atoms with van der Waals surface area (Å²) >= 11 is 0. The van der Waals surface area contributed by atoms with E-state index in [0.29, 0.717) is 5.56 Å². The first kappa shape index (κ1) is 27.2. The lowest BCUT2D eigenvalue weighted by molar-refractivity contribution is -0.400. The maximum atomic E-state index is 11.9. The maximum Gasteiger partial charge on any atom is 0.303 e. The quantitative estimate of drug-likeness (QED) is 0.224. The summed E-state index contributed by atoms with van der Waals surface area (Å²) < 4.78 is 27.5. The number of carbonyl (C=O) groups excluding carboxylic acids is 4. The molecule has 13 nitrogen and oxygen atoms in total. The van der Waals surface area contributed by atoms with Gasteiger partial charge in [-0.15, -0.1) is 0 Å². The van der Waals surface area contributed by atoms with Crippen LogP contribution in [0.1, 0.15) is 33.3 Å². The molecule has 0 spiro atoms. The fourth-order valence-electron chi connectivity index (χ4n) is 3.33. The molecule has 0 aliphatic carbocycles. The van der Waals surface area contributed by atoms with Gasteiger partial charge < -0.3 is 29.0 Å². The highest BCUT2D eigenvalue weighted by Gasteiger charge is 2.51. The molecule has 1 aliphatic rings. The fraction of sp³-hybridized carbons (Fsp3) is 0.455. The number of benzene rings is 1. The van der Waals surface area contributed by atoms with Crippen LogP contribution >= 0.6 is 0 Å². The van der Waals surface area contributed by atoms with E-state index in [4.69, 9.17) is 23.7 Å². The second kappa shape index (κ2) is 12.5. The summed E-state index contributed by atoms with van der Waals surface area (Å²) in [5, 5.41) is 13.1. The topological polar surface area (TPSA) is 170 Å². The van der Waals surface area contributed by atoms with E-state index in [0.717, 1.165) is 20.0 Å². The highest BCUT2D eigenvalue weighted by molar-refractivity contribution is 5.73. The largest absolute Gasteiger partial charge is 0.463 e. The monoisotopic (exact) mass is 494 g/mol. The van der Waals surface area contributed by atoms with Crippen LogP contribution in [0, 0.1) is 10.1 Å². The molecule has 5 atom stereocenters. The zero-order valence-corrected chi connectivity index (χ0v) is 19.5. The SMILES string of the molecule is CC(=O)N[C@H]1[C@H](Oc2ccc(C=C[N+](=O)[O-])cc2)O[C@H](COC(C)=O)[C@@H](OC(C)=O)[C@@H]1OC(C)=O. The van der Waals surface area contributed by atoms with Gasteiger partial charge >= 0.3 is 17.9 Å². The first-order valence-electron chi connectivity index (χ1n) is 10.4. The molecule has 1 aromatic rings. The third-order valence-corrected chi connectivity index (χ3v) is 4.59. The molecule has 1 saturated heterocycles. The molecular weight excluding hydrogens is 468 g/mol. The van der Waals surface area contributed by atoms with Crippen molar-refractivity contribution in [3.05, 3.63) is 46.1 Å². The Morgan fingerprint density at radius 2 is 1.60 bits per heavy atom. The maximum absolute atomic E-state index is 11.9. The number of rotatable bonds is 9. The zero-order chi connectivity index (χ0) is 26.1. The molecule has 0 bridgehead atoms. The van der Waals surface area contributed by atoms with Crippen LogP contribution in [0.25, 0.3) is 6.08 Å². The van der Waals surface area contributed by atoms with E-state index in [1.54, 1.807) is 12.1 Å². The molecule has 0 radical (unpaired) electrons. The Labute approximate surface area is 200 Å². The van der Waals surface area contributed by atoms with Crippen molar-refractivity contribution in [2.24, 2.45) is 0 Å². The Balaban J connectivity index is 2.40. The van der Waals surface area contributed by atoms with Crippen molar-refractivity contribution in [3.63, 3.8) is 0 Å². The van der Waals surface area contributed by atoms with Crippen LogP contribution in [-0.4, -0.2) is 66.0 Å². The minimum absolute atomic E-state index is 0.252. The van der Waals surface area contributed by atoms with Crippen molar-refractivity contribution in [3.8, 4) is 5.75 Å². The number of nitro groups is 1. The molecule has 13 heteroatoms. The molecule has 2 rings (SSSR count). The molecule has 35 heavy (non-hydrogen) atoms. The van der Waals surface area contributed by atoms with Crippen LogP contribution in [-0.2, 0) is 38.1 Å². The van der Waals surface area contributed by atoms with E-state index in [1.807, 2.05) is 0 Å². The Morgan fingerprint density at radius 3 is 2.11 bits per heavy atom. The number of carbonyl (C=O) groups is 4. The number of hydrogen-bond donors (Lipinski definition) is 1. The van der Waals surface area contributed by atoms with Crippen LogP contribution in [0.3, 0.4) is 0 Å². The van der Waals surface area contributed by atoms with Gasteiger partial charge in [0.2, 0.25) is 18.4 Å². The Morgan fingerprint density at radius 1 is 1.00 bits per heavy atom. The normalized spacial score (nSPS) is 23.7. The highest BCUT2D eigenvalue weighted by Crippen LogP contribution is 2.29. The van der Waals surface area contributed by atoms with Gasteiger partial charge in [0.05, 0.1) is 4.92 Å². The Kier molecular flexibility index (Phi) is 9.70. The van der Waals surface area contributed by atoms with E-state index in [9.17, 15) is 29.3 Å². The lowest BCUT2D eigenvalue weighted by Crippen LogP contribution is -2.67. The highest BCUT2D eigenvalue weighted by atomic mass is 16.7. The lowest BCUT2D eigenvalue weighted by atomic mass is 9.96. The summed E-state index contributed by atoms with van der Waals surface area (Å²) in [4.78, 5) is 56.8. The molecule has 1 N–H and O–H groups in total. The number of ether oxygens (including phenoxy) is 5. The van der Waals surface area contributed by atoms with Gasteiger partial charge in [0.15, 0.2) is 12.2 Å². The van der Waals surface area contributed by atoms with Crippen molar-refractivity contribution >= 4 is 29.9 Å². The number of amides is 1. The molecule has 190 valence electrons. The van der Waals surface area contributed by atoms with Crippen LogP contribution < -0.4 is 10.1 Å². The van der Waals surface area contributed by atoms with E-state index in [2.05, 4.69) is 5.32 Å². The smallest absolute Gasteiger partial charge is 0.303 e. The average molecular weight is 494 g/mol. The predicted octanol–water partition coefficient (Wildman–Crippen LogP) is 0.969. The summed E-state index contributed by atoms with van der Waals surface area (Å²) in [7, 11) is 0. The molecule has 1 aliphatic heterocycles. The second-order valence-electron chi connectivity index (χ2n) is 7.51. The van der Waals surface area contributed by atoms with Gasteiger partial charge in [0.25, 0.3) is 0 Å². The van der Waals surface area contributed by atoms with Crippen LogP contribution in [0.2, 0.25) is 0 Å². The standard InChI is InChI=1S/C22H26N2O11/c1-12(25)23-19-21(33-15(4)28)20(32-14(3)27)18(11-31-13(2)26)35-22(19)34-17-7-5-16(6-8-17)9-10-24(29)30/h5-10,18-22H,11H2,1-4H3,(H,23,25)/t18-,19-,20-,21-,22-/m1/s1. The molecule has 1 fully saturated rings. The molecule has 0 saturated carbocycles. The molecular formula is C22H26N2O11. The zero-order valence-electron chi connectivity index (χ0n) is 19.5. The molecule has 0 unspecified atom stereocenters.